The van der Waals surface area contributed by atoms with Gasteiger partial charge >= 0.3 is 0 Å². The van der Waals surface area contributed by atoms with E-state index in [-0.39, 0.29) is 5.91 Å². The van der Waals surface area contributed by atoms with E-state index in [1.54, 1.807) is 0 Å². The molecule has 2 aromatic heterocycles. The summed E-state index contributed by atoms with van der Waals surface area (Å²) in [5.41, 5.74) is 3.35. The molecular weight excluding hydrogens is 290 g/mol. The largest absolute Gasteiger partial charge is 0.351 e. The Morgan fingerprint density at radius 1 is 1.48 bits per heavy atom. The molecule has 1 atom stereocenters. The Hall–Kier alpha value is -2.21. The number of amides is 1. The molecule has 0 aliphatic carbocycles. The van der Waals surface area contributed by atoms with Gasteiger partial charge in [0.25, 0.3) is 0 Å². The summed E-state index contributed by atoms with van der Waals surface area (Å²) in [5, 5.41) is 2.78. The Morgan fingerprint density at radius 2 is 2.35 bits per heavy atom. The molecule has 1 unspecified atom stereocenters. The summed E-state index contributed by atoms with van der Waals surface area (Å²) in [4.78, 5) is 25.7. The summed E-state index contributed by atoms with van der Waals surface area (Å²) in [6, 6.07) is 4.09. The van der Waals surface area contributed by atoms with Crippen LogP contribution in [0.5, 0.6) is 0 Å². The van der Waals surface area contributed by atoms with Gasteiger partial charge in [0.2, 0.25) is 5.91 Å². The number of carbonyl (C=O) groups is 1. The molecule has 1 aliphatic rings. The van der Waals surface area contributed by atoms with Crippen LogP contribution in [0, 0.1) is 6.92 Å². The molecule has 1 amide bonds. The van der Waals surface area contributed by atoms with Crippen molar-refractivity contribution in [2.24, 2.45) is 0 Å². The molecule has 6 nitrogen and oxygen atoms in total. The van der Waals surface area contributed by atoms with E-state index in [4.69, 9.17) is 0 Å². The third-order valence-electron chi connectivity index (χ3n) is 4.33. The van der Waals surface area contributed by atoms with Crippen molar-refractivity contribution >= 4 is 5.91 Å². The first-order valence-electron chi connectivity index (χ1n) is 8.03. The molecule has 2 N–H and O–H groups in total. The third-order valence-corrected chi connectivity index (χ3v) is 4.33. The fraction of sp³-hybridized carbons (Fsp3) is 0.471. The van der Waals surface area contributed by atoms with Crippen molar-refractivity contribution in [3.05, 3.63) is 47.3 Å². The highest BCUT2D eigenvalue weighted by Gasteiger charge is 2.26. The number of hydrogen-bond donors (Lipinski definition) is 2. The molecule has 0 aromatic carbocycles. The Bertz CT molecular complexity index is 681. The second-order valence-electron chi connectivity index (χ2n) is 6.19. The Balaban J connectivity index is 1.57. The van der Waals surface area contributed by atoms with Crippen LogP contribution >= 0.6 is 0 Å². The number of likely N-dealkylation sites (tertiary alicyclic amines) is 1. The molecule has 1 aliphatic heterocycles. The van der Waals surface area contributed by atoms with E-state index in [1.807, 2.05) is 18.5 Å². The monoisotopic (exact) mass is 313 g/mol. The molecule has 3 heterocycles. The van der Waals surface area contributed by atoms with E-state index in [0.29, 0.717) is 12.5 Å². The quantitative estimate of drug-likeness (QED) is 0.882. The predicted molar refractivity (Wildman–Crippen MR) is 87.7 cm³/mol. The van der Waals surface area contributed by atoms with Crippen molar-refractivity contribution in [1.29, 1.82) is 0 Å². The number of carbonyl (C=O) groups excluding carboxylic acids is 1. The lowest BCUT2D eigenvalue weighted by Gasteiger charge is -2.16. The minimum Gasteiger partial charge on any atom is -0.351 e. The standard InChI is InChI=1S/C17H23N5O/c1-12-4-3-6-18-16(12)11-22-7-5-14(10-22)17-20-9-15(21-17)8-19-13(2)23/h3-4,6,9,14H,5,7-8,10-11H2,1-2H3,(H,19,23)(H,20,21). The van der Waals surface area contributed by atoms with Crippen LogP contribution in [0.15, 0.2) is 24.5 Å². The third kappa shape index (κ3) is 3.96. The Labute approximate surface area is 136 Å². The van der Waals surface area contributed by atoms with Gasteiger partial charge < -0.3 is 10.3 Å². The van der Waals surface area contributed by atoms with Gasteiger partial charge in [-0.1, -0.05) is 6.07 Å². The average molecular weight is 313 g/mol. The zero-order valence-corrected chi connectivity index (χ0v) is 13.7. The van der Waals surface area contributed by atoms with Crippen LogP contribution in [-0.4, -0.2) is 38.8 Å². The van der Waals surface area contributed by atoms with Crippen LogP contribution in [0.25, 0.3) is 0 Å². The van der Waals surface area contributed by atoms with Crippen LogP contribution in [0.2, 0.25) is 0 Å². The number of hydrogen-bond acceptors (Lipinski definition) is 4. The van der Waals surface area contributed by atoms with Crippen LogP contribution in [0.1, 0.15) is 42.0 Å². The van der Waals surface area contributed by atoms with Crippen molar-refractivity contribution in [3.8, 4) is 0 Å². The number of aromatic amines is 1. The number of rotatable bonds is 5. The molecule has 0 spiro atoms. The molecule has 1 fully saturated rings. The first-order chi connectivity index (χ1) is 11.1. The summed E-state index contributed by atoms with van der Waals surface area (Å²) in [7, 11) is 0. The smallest absolute Gasteiger partial charge is 0.217 e. The molecule has 6 heteroatoms. The lowest BCUT2D eigenvalue weighted by molar-refractivity contribution is -0.119. The zero-order chi connectivity index (χ0) is 16.2. The first kappa shape index (κ1) is 15.7. The molecule has 0 bridgehead atoms. The highest BCUT2D eigenvalue weighted by atomic mass is 16.1. The number of aromatic nitrogens is 3. The molecule has 23 heavy (non-hydrogen) atoms. The summed E-state index contributed by atoms with van der Waals surface area (Å²) in [5.74, 6) is 1.41. The summed E-state index contributed by atoms with van der Waals surface area (Å²) in [6.07, 6.45) is 4.77. The fourth-order valence-corrected chi connectivity index (χ4v) is 2.99. The molecule has 3 rings (SSSR count). The maximum absolute atomic E-state index is 11.0. The van der Waals surface area contributed by atoms with Gasteiger partial charge in [0, 0.05) is 32.1 Å². The topological polar surface area (TPSA) is 73.9 Å². The number of H-pyrrole nitrogens is 1. The van der Waals surface area contributed by atoms with E-state index < -0.39 is 0 Å². The molecule has 2 aromatic rings. The van der Waals surface area contributed by atoms with Crippen molar-refractivity contribution < 1.29 is 4.79 Å². The lowest BCUT2D eigenvalue weighted by Crippen LogP contribution is -2.21. The number of nitrogens with one attached hydrogen (secondary N) is 2. The van der Waals surface area contributed by atoms with Gasteiger partial charge in [-0.2, -0.15) is 0 Å². The van der Waals surface area contributed by atoms with E-state index in [2.05, 4.69) is 38.2 Å². The van der Waals surface area contributed by atoms with Gasteiger partial charge in [-0.3, -0.25) is 14.7 Å². The van der Waals surface area contributed by atoms with E-state index in [1.165, 1.54) is 12.5 Å². The van der Waals surface area contributed by atoms with E-state index in [9.17, 15) is 4.79 Å². The maximum atomic E-state index is 11.0. The van der Waals surface area contributed by atoms with Crippen LogP contribution in [-0.2, 0) is 17.9 Å². The number of imidazole rings is 1. The molecule has 122 valence electrons. The molecule has 1 saturated heterocycles. The van der Waals surface area contributed by atoms with Gasteiger partial charge in [0.1, 0.15) is 5.82 Å². The van der Waals surface area contributed by atoms with Crippen LogP contribution in [0.4, 0.5) is 0 Å². The molecular formula is C17H23N5O. The summed E-state index contributed by atoms with van der Waals surface area (Å²) >= 11 is 0. The number of nitrogens with zero attached hydrogens (tertiary/aromatic N) is 3. The normalized spacial score (nSPS) is 18.3. The van der Waals surface area contributed by atoms with Crippen molar-refractivity contribution in [1.82, 2.24) is 25.2 Å². The second-order valence-corrected chi connectivity index (χ2v) is 6.19. The highest BCUT2D eigenvalue weighted by Crippen LogP contribution is 2.26. The van der Waals surface area contributed by atoms with E-state index >= 15 is 0 Å². The zero-order valence-electron chi connectivity index (χ0n) is 13.7. The van der Waals surface area contributed by atoms with E-state index in [0.717, 1.165) is 43.3 Å². The first-order valence-corrected chi connectivity index (χ1v) is 8.03. The number of pyridine rings is 1. The predicted octanol–water partition coefficient (Wildman–Crippen LogP) is 1.74. The van der Waals surface area contributed by atoms with Crippen molar-refractivity contribution in [3.63, 3.8) is 0 Å². The SMILES string of the molecule is CC(=O)NCc1cnc(C2CCN(Cc3ncccc3C)C2)[nH]1. The van der Waals surface area contributed by atoms with Crippen LogP contribution < -0.4 is 5.32 Å². The van der Waals surface area contributed by atoms with Gasteiger partial charge in [-0.15, -0.1) is 0 Å². The maximum Gasteiger partial charge on any atom is 0.217 e. The molecule has 0 radical (unpaired) electrons. The van der Waals surface area contributed by atoms with Gasteiger partial charge in [-0.25, -0.2) is 4.98 Å². The average Bonchev–Trinajstić information content (AvgIpc) is 3.16. The van der Waals surface area contributed by atoms with Crippen molar-refractivity contribution in [2.75, 3.05) is 13.1 Å². The lowest BCUT2D eigenvalue weighted by atomic mass is 10.1. The van der Waals surface area contributed by atoms with Gasteiger partial charge in [-0.05, 0) is 31.5 Å². The number of aryl methyl sites for hydroxylation is 1. The second kappa shape index (κ2) is 6.91. The minimum absolute atomic E-state index is 0.0288. The van der Waals surface area contributed by atoms with Gasteiger partial charge in [0.05, 0.1) is 24.1 Å². The molecule has 0 saturated carbocycles. The summed E-state index contributed by atoms with van der Waals surface area (Å²) < 4.78 is 0. The minimum atomic E-state index is -0.0288. The highest BCUT2D eigenvalue weighted by molar-refractivity contribution is 5.72. The Kier molecular flexibility index (Phi) is 4.71. The summed E-state index contributed by atoms with van der Waals surface area (Å²) in [6.45, 7) is 7.07. The van der Waals surface area contributed by atoms with Crippen LogP contribution in [0.3, 0.4) is 0 Å². The van der Waals surface area contributed by atoms with Gasteiger partial charge in [0.15, 0.2) is 0 Å². The van der Waals surface area contributed by atoms with Crippen molar-refractivity contribution in [2.45, 2.75) is 39.3 Å². The fourth-order valence-electron chi connectivity index (χ4n) is 2.99. The Morgan fingerprint density at radius 3 is 3.13 bits per heavy atom.